The van der Waals surface area contributed by atoms with Crippen molar-refractivity contribution in [3.05, 3.63) is 12.7 Å². The first kappa shape index (κ1) is 14.7. The first-order chi connectivity index (χ1) is 8.27. The Morgan fingerprint density at radius 2 is 2.24 bits per heavy atom. The SMILES string of the molecule is C=CCNCC(C)N1CCCC(CCC)CC1. The molecule has 1 fully saturated rings. The topological polar surface area (TPSA) is 15.3 Å². The van der Waals surface area contributed by atoms with E-state index in [1.54, 1.807) is 0 Å². The average molecular weight is 238 g/mol. The van der Waals surface area contributed by atoms with Crippen molar-refractivity contribution in [3.8, 4) is 0 Å². The average Bonchev–Trinajstić information content (AvgIpc) is 2.55. The number of nitrogens with one attached hydrogen (secondary N) is 1. The van der Waals surface area contributed by atoms with Crippen molar-refractivity contribution in [1.29, 1.82) is 0 Å². The van der Waals surface area contributed by atoms with Crippen LogP contribution in [0.1, 0.15) is 46.0 Å². The molecule has 2 unspecified atom stereocenters. The predicted molar refractivity (Wildman–Crippen MR) is 76.4 cm³/mol. The number of hydrogen-bond donors (Lipinski definition) is 1. The van der Waals surface area contributed by atoms with E-state index in [2.05, 4.69) is 30.6 Å². The Balaban J connectivity index is 2.26. The Labute approximate surface area is 107 Å². The minimum absolute atomic E-state index is 0.662. The van der Waals surface area contributed by atoms with E-state index in [0.29, 0.717) is 6.04 Å². The molecule has 0 amide bonds. The molecule has 0 aromatic rings. The maximum absolute atomic E-state index is 3.74. The van der Waals surface area contributed by atoms with E-state index in [9.17, 15) is 0 Å². The standard InChI is InChI=1S/C15H30N2/c1-4-7-15-8-6-11-17(12-9-15)14(3)13-16-10-5-2/h5,14-16H,2,4,6-13H2,1,3H3. The molecule has 1 N–H and O–H groups in total. The molecule has 0 bridgehead atoms. The van der Waals surface area contributed by atoms with E-state index in [4.69, 9.17) is 0 Å². The van der Waals surface area contributed by atoms with Gasteiger partial charge in [-0.25, -0.2) is 0 Å². The van der Waals surface area contributed by atoms with Crippen molar-refractivity contribution < 1.29 is 0 Å². The second-order valence-electron chi connectivity index (χ2n) is 5.42. The van der Waals surface area contributed by atoms with Gasteiger partial charge in [0.2, 0.25) is 0 Å². The Kier molecular flexibility index (Phi) is 7.54. The molecule has 1 rings (SSSR count). The van der Waals surface area contributed by atoms with Gasteiger partial charge < -0.3 is 5.32 Å². The van der Waals surface area contributed by atoms with E-state index in [0.717, 1.165) is 19.0 Å². The van der Waals surface area contributed by atoms with Crippen LogP contribution < -0.4 is 5.32 Å². The van der Waals surface area contributed by atoms with Gasteiger partial charge in [-0.2, -0.15) is 0 Å². The molecule has 0 aromatic carbocycles. The summed E-state index contributed by atoms with van der Waals surface area (Å²) in [7, 11) is 0. The first-order valence-corrected chi connectivity index (χ1v) is 7.33. The van der Waals surface area contributed by atoms with Crippen LogP contribution in [0.3, 0.4) is 0 Å². The van der Waals surface area contributed by atoms with Crippen LogP contribution in [-0.4, -0.2) is 37.1 Å². The highest BCUT2D eigenvalue weighted by molar-refractivity contribution is 4.77. The maximum Gasteiger partial charge on any atom is 0.0192 e. The van der Waals surface area contributed by atoms with Crippen molar-refractivity contribution >= 4 is 0 Å². The van der Waals surface area contributed by atoms with Crippen LogP contribution in [0.5, 0.6) is 0 Å². The summed E-state index contributed by atoms with van der Waals surface area (Å²) in [4.78, 5) is 2.66. The predicted octanol–water partition coefficient (Wildman–Crippen LogP) is 3.05. The summed E-state index contributed by atoms with van der Waals surface area (Å²) in [5.41, 5.74) is 0. The number of rotatable bonds is 7. The van der Waals surface area contributed by atoms with Gasteiger partial charge in [-0.15, -0.1) is 6.58 Å². The Bertz CT molecular complexity index is 203. The minimum atomic E-state index is 0.662. The fourth-order valence-electron chi connectivity index (χ4n) is 2.85. The van der Waals surface area contributed by atoms with Gasteiger partial charge in [-0.1, -0.05) is 25.8 Å². The fraction of sp³-hybridized carbons (Fsp3) is 0.867. The monoisotopic (exact) mass is 238 g/mol. The van der Waals surface area contributed by atoms with Crippen LogP contribution in [0.4, 0.5) is 0 Å². The molecule has 1 aliphatic heterocycles. The van der Waals surface area contributed by atoms with E-state index < -0.39 is 0 Å². The molecular formula is C15H30N2. The molecule has 100 valence electrons. The largest absolute Gasteiger partial charge is 0.312 e. The van der Waals surface area contributed by atoms with Gasteiger partial charge in [-0.05, 0) is 45.2 Å². The number of nitrogens with zero attached hydrogens (tertiary/aromatic N) is 1. The van der Waals surface area contributed by atoms with E-state index in [1.807, 2.05) is 6.08 Å². The lowest BCUT2D eigenvalue weighted by Gasteiger charge is -2.27. The molecule has 0 aliphatic carbocycles. The summed E-state index contributed by atoms with van der Waals surface area (Å²) in [6, 6.07) is 0.662. The van der Waals surface area contributed by atoms with Crippen LogP contribution in [0.25, 0.3) is 0 Å². The first-order valence-electron chi connectivity index (χ1n) is 7.33. The van der Waals surface area contributed by atoms with Crippen molar-refractivity contribution in [2.24, 2.45) is 5.92 Å². The van der Waals surface area contributed by atoms with Gasteiger partial charge >= 0.3 is 0 Å². The zero-order valence-corrected chi connectivity index (χ0v) is 11.8. The lowest BCUT2D eigenvalue weighted by molar-refractivity contribution is 0.210. The molecule has 1 heterocycles. The minimum Gasteiger partial charge on any atom is -0.312 e. The summed E-state index contributed by atoms with van der Waals surface area (Å²) >= 11 is 0. The van der Waals surface area contributed by atoms with Gasteiger partial charge in [0.15, 0.2) is 0 Å². The van der Waals surface area contributed by atoms with Crippen LogP contribution >= 0.6 is 0 Å². The molecule has 0 saturated carbocycles. The molecular weight excluding hydrogens is 208 g/mol. The van der Waals surface area contributed by atoms with Crippen LogP contribution in [0.15, 0.2) is 12.7 Å². The summed E-state index contributed by atoms with van der Waals surface area (Å²) < 4.78 is 0. The molecule has 1 aliphatic rings. The van der Waals surface area contributed by atoms with Gasteiger partial charge in [0, 0.05) is 19.1 Å². The van der Waals surface area contributed by atoms with Crippen molar-refractivity contribution in [1.82, 2.24) is 10.2 Å². The third-order valence-corrected chi connectivity index (χ3v) is 3.93. The highest BCUT2D eigenvalue weighted by Crippen LogP contribution is 2.22. The Morgan fingerprint density at radius 3 is 2.94 bits per heavy atom. The summed E-state index contributed by atoms with van der Waals surface area (Å²) in [6.45, 7) is 13.0. The maximum atomic E-state index is 3.74. The van der Waals surface area contributed by atoms with Crippen molar-refractivity contribution in [3.63, 3.8) is 0 Å². The van der Waals surface area contributed by atoms with Crippen LogP contribution in [0, 0.1) is 5.92 Å². The lowest BCUT2D eigenvalue weighted by Crippen LogP contribution is -2.41. The molecule has 2 nitrogen and oxygen atoms in total. The zero-order valence-electron chi connectivity index (χ0n) is 11.8. The van der Waals surface area contributed by atoms with Crippen molar-refractivity contribution in [2.75, 3.05) is 26.2 Å². The normalized spacial score (nSPS) is 24.2. The second kappa shape index (κ2) is 8.71. The summed E-state index contributed by atoms with van der Waals surface area (Å²) in [6.07, 6.45) is 8.94. The van der Waals surface area contributed by atoms with Gasteiger partial charge in [0.25, 0.3) is 0 Å². The molecule has 1 saturated heterocycles. The molecule has 2 atom stereocenters. The van der Waals surface area contributed by atoms with Crippen molar-refractivity contribution in [2.45, 2.75) is 52.0 Å². The molecule has 0 spiro atoms. The Morgan fingerprint density at radius 1 is 1.41 bits per heavy atom. The van der Waals surface area contributed by atoms with Crippen LogP contribution in [-0.2, 0) is 0 Å². The summed E-state index contributed by atoms with van der Waals surface area (Å²) in [5.74, 6) is 0.985. The smallest absolute Gasteiger partial charge is 0.0192 e. The quantitative estimate of drug-likeness (QED) is 0.542. The third kappa shape index (κ3) is 5.69. The molecule has 17 heavy (non-hydrogen) atoms. The Hall–Kier alpha value is -0.340. The van der Waals surface area contributed by atoms with Crippen LogP contribution in [0.2, 0.25) is 0 Å². The van der Waals surface area contributed by atoms with E-state index in [1.165, 1.54) is 45.2 Å². The summed E-state index contributed by atoms with van der Waals surface area (Å²) in [5, 5.41) is 3.43. The lowest BCUT2D eigenvalue weighted by atomic mass is 9.96. The van der Waals surface area contributed by atoms with E-state index >= 15 is 0 Å². The fourth-order valence-corrected chi connectivity index (χ4v) is 2.85. The zero-order chi connectivity index (χ0) is 12.5. The second-order valence-corrected chi connectivity index (χ2v) is 5.42. The number of likely N-dealkylation sites (tertiary alicyclic amines) is 1. The molecule has 2 heteroatoms. The molecule has 0 aromatic heterocycles. The highest BCUT2D eigenvalue weighted by atomic mass is 15.2. The highest BCUT2D eigenvalue weighted by Gasteiger charge is 2.19. The van der Waals surface area contributed by atoms with Gasteiger partial charge in [-0.3, -0.25) is 4.90 Å². The number of hydrogen-bond acceptors (Lipinski definition) is 2. The molecule has 0 radical (unpaired) electrons. The van der Waals surface area contributed by atoms with Gasteiger partial charge in [0.05, 0.1) is 0 Å². The van der Waals surface area contributed by atoms with Gasteiger partial charge in [0.1, 0.15) is 0 Å². The third-order valence-electron chi connectivity index (χ3n) is 3.93. The van der Waals surface area contributed by atoms with E-state index in [-0.39, 0.29) is 0 Å².